The van der Waals surface area contributed by atoms with Gasteiger partial charge in [0.15, 0.2) is 0 Å². The third-order valence-corrected chi connectivity index (χ3v) is 4.10. The zero-order valence-corrected chi connectivity index (χ0v) is 10.8. The van der Waals surface area contributed by atoms with Crippen LogP contribution in [-0.2, 0) is 16.6 Å². The summed E-state index contributed by atoms with van der Waals surface area (Å²) in [5, 5.41) is 0. The largest absolute Gasteiger partial charge is 0.399 e. The first-order chi connectivity index (χ1) is 8.58. The number of hydrogen-bond donors (Lipinski definition) is 1. The third kappa shape index (κ3) is 2.76. The fraction of sp³-hybridized carbons (Fsp3) is 0.143. The van der Waals surface area contributed by atoms with E-state index in [0.717, 1.165) is 5.56 Å². The standard InChI is InChI=1S/C14H14FNOS/c1-10-8-12(6-7-14(10)16)18(17)9-11-4-2-3-5-13(11)15/h2-8H,9,16H2,1H3. The molecule has 0 saturated heterocycles. The fourth-order valence-electron chi connectivity index (χ4n) is 1.63. The first-order valence-electron chi connectivity index (χ1n) is 5.56. The monoisotopic (exact) mass is 263 g/mol. The molecule has 0 aromatic heterocycles. The highest BCUT2D eigenvalue weighted by molar-refractivity contribution is 7.84. The summed E-state index contributed by atoms with van der Waals surface area (Å²) in [4.78, 5) is 0.671. The molecule has 18 heavy (non-hydrogen) atoms. The zero-order valence-electron chi connectivity index (χ0n) is 10.0. The van der Waals surface area contributed by atoms with Crippen molar-refractivity contribution < 1.29 is 8.60 Å². The summed E-state index contributed by atoms with van der Waals surface area (Å²) < 4.78 is 25.6. The van der Waals surface area contributed by atoms with Crippen LogP contribution in [0.1, 0.15) is 11.1 Å². The summed E-state index contributed by atoms with van der Waals surface area (Å²) in [5.41, 5.74) is 7.72. The van der Waals surface area contributed by atoms with Crippen LogP contribution in [-0.4, -0.2) is 4.21 Å². The predicted molar refractivity (Wildman–Crippen MR) is 72.1 cm³/mol. The van der Waals surface area contributed by atoms with Gasteiger partial charge >= 0.3 is 0 Å². The van der Waals surface area contributed by atoms with E-state index < -0.39 is 10.8 Å². The lowest BCUT2D eigenvalue weighted by Gasteiger charge is -2.06. The van der Waals surface area contributed by atoms with Crippen LogP contribution in [0.5, 0.6) is 0 Å². The predicted octanol–water partition coefficient (Wildman–Crippen LogP) is 3.02. The maximum absolute atomic E-state index is 13.5. The average Bonchev–Trinajstić information content (AvgIpc) is 2.35. The van der Waals surface area contributed by atoms with Crippen molar-refractivity contribution in [3.05, 3.63) is 59.4 Å². The van der Waals surface area contributed by atoms with Crippen LogP contribution in [0.3, 0.4) is 0 Å². The number of anilines is 1. The Bertz CT molecular complexity index is 598. The SMILES string of the molecule is Cc1cc(S(=O)Cc2ccccc2F)ccc1N. The van der Waals surface area contributed by atoms with Crippen molar-refractivity contribution in [3.63, 3.8) is 0 Å². The Balaban J connectivity index is 2.22. The molecule has 2 N–H and O–H groups in total. The van der Waals surface area contributed by atoms with Crippen LogP contribution in [0.4, 0.5) is 10.1 Å². The first-order valence-corrected chi connectivity index (χ1v) is 6.87. The van der Waals surface area contributed by atoms with Crippen LogP contribution in [0.25, 0.3) is 0 Å². The van der Waals surface area contributed by atoms with Crippen molar-refractivity contribution in [2.75, 3.05) is 5.73 Å². The van der Waals surface area contributed by atoms with E-state index in [2.05, 4.69) is 0 Å². The molecule has 0 spiro atoms. The normalized spacial score (nSPS) is 12.3. The van der Waals surface area contributed by atoms with Crippen molar-refractivity contribution in [2.45, 2.75) is 17.6 Å². The molecule has 0 aliphatic carbocycles. The van der Waals surface area contributed by atoms with Crippen LogP contribution < -0.4 is 5.73 Å². The van der Waals surface area contributed by atoms with Gasteiger partial charge in [0.1, 0.15) is 5.82 Å². The van der Waals surface area contributed by atoms with Crippen molar-refractivity contribution in [1.29, 1.82) is 0 Å². The second-order valence-corrected chi connectivity index (χ2v) is 5.55. The number of hydrogen-bond acceptors (Lipinski definition) is 2. The summed E-state index contributed by atoms with van der Waals surface area (Å²) in [6, 6.07) is 11.6. The molecule has 1 atom stereocenters. The smallest absolute Gasteiger partial charge is 0.127 e. The summed E-state index contributed by atoms with van der Waals surface area (Å²) in [5.74, 6) is -0.145. The summed E-state index contributed by atoms with van der Waals surface area (Å²) in [6.07, 6.45) is 0. The van der Waals surface area contributed by atoms with Crippen molar-refractivity contribution in [2.24, 2.45) is 0 Å². The Morgan fingerprint density at radius 3 is 2.61 bits per heavy atom. The van der Waals surface area contributed by atoms with Gasteiger partial charge in [-0.1, -0.05) is 18.2 Å². The summed E-state index contributed by atoms with van der Waals surface area (Å²) in [6.45, 7) is 1.86. The van der Waals surface area contributed by atoms with Crippen LogP contribution in [0.2, 0.25) is 0 Å². The molecule has 0 fully saturated rings. The average molecular weight is 263 g/mol. The number of nitrogen functional groups attached to an aromatic ring is 1. The number of rotatable bonds is 3. The molecule has 0 saturated carbocycles. The highest BCUT2D eigenvalue weighted by atomic mass is 32.2. The lowest BCUT2D eigenvalue weighted by Crippen LogP contribution is -2.00. The van der Waals surface area contributed by atoms with Gasteiger partial charge in [-0.2, -0.15) is 0 Å². The quantitative estimate of drug-likeness (QED) is 0.865. The van der Waals surface area contributed by atoms with E-state index in [9.17, 15) is 8.60 Å². The van der Waals surface area contributed by atoms with Crippen molar-refractivity contribution in [1.82, 2.24) is 0 Å². The first kappa shape index (κ1) is 12.8. The molecule has 94 valence electrons. The minimum Gasteiger partial charge on any atom is -0.399 e. The molecule has 0 heterocycles. The van der Waals surface area contributed by atoms with Crippen molar-refractivity contribution >= 4 is 16.5 Å². The maximum atomic E-state index is 13.5. The second kappa shape index (κ2) is 5.31. The molecule has 2 nitrogen and oxygen atoms in total. The molecule has 4 heteroatoms. The van der Waals surface area contributed by atoms with E-state index in [1.165, 1.54) is 6.07 Å². The van der Waals surface area contributed by atoms with Gasteiger partial charge < -0.3 is 5.73 Å². The molecule has 0 aliphatic rings. The third-order valence-electron chi connectivity index (χ3n) is 2.75. The Labute approximate surface area is 108 Å². The van der Waals surface area contributed by atoms with E-state index in [-0.39, 0.29) is 11.6 Å². The molecule has 2 aromatic rings. The Hall–Kier alpha value is -1.68. The van der Waals surface area contributed by atoms with Gasteiger partial charge in [-0.05, 0) is 36.8 Å². The molecule has 2 aromatic carbocycles. The zero-order chi connectivity index (χ0) is 13.1. The van der Waals surface area contributed by atoms with E-state index in [0.29, 0.717) is 16.1 Å². The maximum Gasteiger partial charge on any atom is 0.127 e. The topological polar surface area (TPSA) is 43.1 Å². The minimum absolute atomic E-state index is 0.177. The highest BCUT2D eigenvalue weighted by Gasteiger charge is 2.09. The van der Waals surface area contributed by atoms with E-state index in [1.54, 1.807) is 36.4 Å². The molecular weight excluding hydrogens is 249 g/mol. The van der Waals surface area contributed by atoms with Crippen LogP contribution in [0.15, 0.2) is 47.4 Å². The van der Waals surface area contributed by atoms with Gasteiger partial charge in [0.25, 0.3) is 0 Å². The molecule has 2 rings (SSSR count). The number of benzene rings is 2. The minimum atomic E-state index is -1.26. The van der Waals surface area contributed by atoms with Crippen LogP contribution >= 0.6 is 0 Å². The van der Waals surface area contributed by atoms with Crippen LogP contribution in [0, 0.1) is 12.7 Å². The van der Waals surface area contributed by atoms with Gasteiger partial charge in [-0.25, -0.2) is 4.39 Å². The molecule has 0 radical (unpaired) electrons. The molecule has 0 amide bonds. The fourth-order valence-corrected chi connectivity index (χ4v) is 2.84. The number of aryl methyl sites for hydroxylation is 1. The summed E-state index contributed by atoms with van der Waals surface area (Å²) >= 11 is 0. The lowest BCUT2D eigenvalue weighted by molar-refractivity contribution is 0.615. The highest BCUT2D eigenvalue weighted by Crippen LogP contribution is 2.19. The Morgan fingerprint density at radius 1 is 1.22 bits per heavy atom. The second-order valence-electron chi connectivity index (χ2n) is 4.10. The molecule has 0 bridgehead atoms. The molecule has 1 unspecified atom stereocenters. The Morgan fingerprint density at radius 2 is 1.94 bits per heavy atom. The molecule has 0 aliphatic heterocycles. The van der Waals surface area contributed by atoms with Gasteiger partial charge in [0.2, 0.25) is 0 Å². The van der Waals surface area contributed by atoms with Gasteiger partial charge in [-0.3, -0.25) is 4.21 Å². The van der Waals surface area contributed by atoms with Gasteiger partial charge in [0, 0.05) is 16.1 Å². The van der Waals surface area contributed by atoms with Crippen molar-refractivity contribution in [3.8, 4) is 0 Å². The number of nitrogens with two attached hydrogens (primary N) is 1. The number of halogens is 1. The lowest BCUT2D eigenvalue weighted by atomic mass is 10.2. The molecular formula is C14H14FNOS. The van der Waals surface area contributed by atoms with E-state index in [4.69, 9.17) is 5.73 Å². The summed E-state index contributed by atoms with van der Waals surface area (Å²) in [7, 11) is -1.26. The van der Waals surface area contributed by atoms with Gasteiger partial charge in [-0.15, -0.1) is 0 Å². The van der Waals surface area contributed by atoms with E-state index >= 15 is 0 Å². The van der Waals surface area contributed by atoms with E-state index in [1.807, 2.05) is 6.92 Å². The van der Waals surface area contributed by atoms with Gasteiger partial charge in [0.05, 0.1) is 16.6 Å². The Kier molecular flexibility index (Phi) is 3.77.